The molecule has 1 aromatic carbocycles. The van der Waals surface area contributed by atoms with Gasteiger partial charge in [0.25, 0.3) is 0 Å². The zero-order chi connectivity index (χ0) is 14.6. The lowest BCUT2D eigenvalue weighted by molar-refractivity contribution is 0.0760. The first-order chi connectivity index (χ1) is 9.72. The largest absolute Gasteiger partial charge is 0.479 e. The molecular weight excluding hydrogens is 252 g/mol. The van der Waals surface area contributed by atoms with Gasteiger partial charge in [0.05, 0.1) is 6.10 Å². The van der Waals surface area contributed by atoms with Gasteiger partial charge in [-0.2, -0.15) is 5.26 Å². The summed E-state index contributed by atoms with van der Waals surface area (Å²) in [5.41, 5.74) is 1.22. The maximum Gasteiger partial charge on any atom is 0.174 e. The van der Waals surface area contributed by atoms with Crippen LogP contribution >= 0.6 is 0 Å². The third-order valence-electron chi connectivity index (χ3n) is 2.75. The number of nitrogens with zero attached hydrogens (tertiary/aromatic N) is 1. The first-order valence-electron chi connectivity index (χ1n) is 7.13. The fourth-order valence-corrected chi connectivity index (χ4v) is 1.72. The van der Waals surface area contributed by atoms with Gasteiger partial charge >= 0.3 is 0 Å². The Morgan fingerprint density at radius 3 is 2.60 bits per heavy atom. The maximum absolute atomic E-state index is 8.42. The summed E-state index contributed by atoms with van der Waals surface area (Å²) in [7, 11) is 0. The van der Waals surface area contributed by atoms with Crippen molar-refractivity contribution in [2.24, 2.45) is 0 Å². The van der Waals surface area contributed by atoms with E-state index in [1.807, 2.05) is 30.3 Å². The van der Waals surface area contributed by atoms with E-state index in [1.54, 1.807) is 0 Å². The zero-order valence-corrected chi connectivity index (χ0v) is 12.4. The Labute approximate surface area is 121 Å². The van der Waals surface area contributed by atoms with Crippen molar-refractivity contribution in [2.75, 3.05) is 19.8 Å². The summed E-state index contributed by atoms with van der Waals surface area (Å²) < 4.78 is 10.7. The number of hydrogen-bond donors (Lipinski definition) is 1. The van der Waals surface area contributed by atoms with Gasteiger partial charge in [-0.15, -0.1) is 0 Å². The Balaban J connectivity index is 2.08. The molecule has 1 rings (SSSR count). The minimum Gasteiger partial charge on any atom is -0.479 e. The number of benzene rings is 1. The molecule has 0 saturated heterocycles. The highest BCUT2D eigenvalue weighted by molar-refractivity contribution is 5.27. The fourth-order valence-electron chi connectivity index (χ4n) is 1.72. The smallest absolute Gasteiger partial charge is 0.174 e. The van der Waals surface area contributed by atoms with Crippen LogP contribution in [-0.4, -0.2) is 25.9 Å². The third-order valence-corrected chi connectivity index (χ3v) is 2.75. The number of hydrogen-bond acceptors (Lipinski definition) is 4. The number of nitrogens with one attached hydrogen (secondary N) is 1. The molecule has 0 aliphatic carbocycles. The average Bonchev–Trinajstić information content (AvgIpc) is 2.45. The summed E-state index contributed by atoms with van der Waals surface area (Å²) in [5, 5.41) is 11.8. The molecule has 0 aliphatic rings. The highest BCUT2D eigenvalue weighted by Crippen LogP contribution is 2.11. The quantitative estimate of drug-likeness (QED) is 0.668. The molecular formula is C16H24N2O2. The van der Waals surface area contributed by atoms with Crippen LogP contribution in [0.25, 0.3) is 0 Å². The van der Waals surface area contributed by atoms with E-state index >= 15 is 0 Å². The molecule has 0 saturated carbocycles. The lowest BCUT2D eigenvalue weighted by Crippen LogP contribution is -2.15. The molecule has 0 aromatic heterocycles. The van der Waals surface area contributed by atoms with Crippen LogP contribution in [0.15, 0.2) is 24.3 Å². The second kappa shape index (κ2) is 10.2. The van der Waals surface area contributed by atoms with Crippen LogP contribution in [0.5, 0.6) is 5.75 Å². The molecule has 0 atom stereocenters. The minimum absolute atomic E-state index is 0.0933. The van der Waals surface area contributed by atoms with Crippen LogP contribution in [0, 0.1) is 11.3 Å². The Bertz CT molecular complexity index is 396. The summed E-state index contributed by atoms with van der Waals surface area (Å²) in [5.74, 6) is 0.737. The molecule has 0 amide bonds. The first-order valence-corrected chi connectivity index (χ1v) is 7.13. The van der Waals surface area contributed by atoms with Crippen molar-refractivity contribution in [3.8, 4) is 11.8 Å². The van der Waals surface area contributed by atoms with Crippen LogP contribution in [0.2, 0.25) is 0 Å². The minimum atomic E-state index is 0.0933. The normalized spacial score (nSPS) is 10.5. The summed E-state index contributed by atoms with van der Waals surface area (Å²) in [4.78, 5) is 0. The van der Waals surface area contributed by atoms with Crippen LogP contribution in [0.3, 0.4) is 0 Å². The predicted octanol–water partition coefficient (Wildman–Crippen LogP) is 2.88. The average molecular weight is 276 g/mol. The zero-order valence-electron chi connectivity index (χ0n) is 12.4. The molecule has 110 valence electrons. The SMILES string of the molecule is CC(C)OCCCCNCc1ccc(OCC#N)cc1. The summed E-state index contributed by atoms with van der Waals surface area (Å²) in [6.07, 6.45) is 2.53. The van der Waals surface area contributed by atoms with E-state index in [1.165, 1.54) is 5.56 Å². The van der Waals surface area contributed by atoms with Crippen molar-refractivity contribution in [1.29, 1.82) is 5.26 Å². The molecule has 0 aliphatic heterocycles. The Morgan fingerprint density at radius 2 is 1.95 bits per heavy atom. The van der Waals surface area contributed by atoms with Crippen molar-refractivity contribution < 1.29 is 9.47 Å². The van der Waals surface area contributed by atoms with Crippen molar-refractivity contribution in [3.63, 3.8) is 0 Å². The lowest BCUT2D eigenvalue weighted by Gasteiger charge is -2.08. The van der Waals surface area contributed by atoms with Gasteiger partial charge in [-0.1, -0.05) is 12.1 Å². The Hall–Kier alpha value is -1.57. The molecule has 0 spiro atoms. The van der Waals surface area contributed by atoms with Crippen LogP contribution < -0.4 is 10.1 Å². The van der Waals surface area contributed by atoms with E-state index in [-0.39, 0.29) is 6.61 Å². The van der Waals surface area contributed by atoms with Crippen molar-refractivity contribution in [1.82, 2.24) is 5.32 Å². The van der Waals surface area contributed by atoms with Gasteiger partial charge in [-0.3, -0.25) is 0 Å². The van der Waals surface area contributed by atoms with E-state index in [0.29, 0.717) is 6.10 Å². The van der Waals surface area contributed by atoms with E-state index in [9.17, 15) is 0 Å². The van der Waals surface area contributed by atoms with Gasteiger partial charge in [-0.25, -0.2) is 0 Å². The van der Waals surface area contributed by atoms with Crippen LogP contribution in [0.4, 0.5) is 0 Å². The molecule has 0 bridgehead atoms. The molecule has 4 heteroatoms. The molecule has 1 aromatic rings. The molecule has 20 heavy (non-hydrogen) atoms. The highest BCUT2D eigenvalue weighted by atomic mass is 16.5. The summed E-state index contributed by atoms with van der Waals surface area (Å²) in [6.45, 7) is 6.89. The van der Waals surface area contributed by atoms with Gasteiger partial charge < -0.3 is 14.8 Å². The molecule has 0 radical (unpaired) electrons. The number of rotatable bonds is 10. The Morgan fingerprint density at radius 1 is 1.20 bits per heavy atom. The molecule has 1 N–H and O–H groups in total. The lowest BCUT2D eigenvalue weighted by atomic mass is 10.2. The van der Waals surface area contributed by atoms with Crippen molar-refractivity contribution >= 4 is 0 Å². The second-order valence-electron chi connectivity index (χ2n) is 4.89. The van der Waals surface area contributed by atoms with Gasteiger partial charge in [0, 0.05) is 13.2 Å². The van der Waals surface area contributed by atoms with Crippen molar-refractivity contribution in [2.45, 2.75) is 39.3 Å². The molecule has 0 unspecified atom stereocenters. The van der Waals surface area contributed by atoms with E-state index in [0.717, 1.165) is 38.3 Å². The van der Waals surface area contributed by atoms with Crippen LogP contribution in [0.1, 0.15) is 32.3 Å². The third kappa shape index (κ3) is 7.78. The molecule has 0 fully saturated rings. The second-order valence-corrected chi connectivity index (χ2v) is 4.89. The van der Waals surface area contributed by atoms with E-state index in [2.05, 4.69) is 19.2 Å². The summed E-state index contributed by atoms with van der Waals surface area (Å²) in [6, 6.07) is 9.77. The van der Waals surface area contributed by atoms with Gasteiger partial charge in [-0.05, 0) is 50.9 Å². The monoisotopic (exact) mass is 276 g/mol. The van der Waals surface area contributed by atoms with Gasteiger partial charge in [0.2, 0.25) is 0 Å². The molecule has 0 heterocycles. The Kier molecular flexibility index (Phi) is 8.44. The number of ether oxygens (including phenoxy) is 2. The van der Waals surface area contributed by atoms with Gasteiger partial charge in [0.1, 0.15) is 11.8 Å². The van der Waals surface area contributed by atoms with E-state index in [4.69, 9.17) is 14.7 Å². The molecule has 4 nitrogen and oxygen atoms in total. The predicted molar refractivity (Wildman–Crippen MR) is 79.6 cm³/mol. The first kappa shape index (κ1) is 16.5. The standard InChI is InChI=1S/C16H24N2O2/c1-14(2)19-11-4-3-10-18-13-15-5-7-16(8-6-15)20-12-9-17/h5-8,14,18H,3-4,10-13H2,1-2H3. The highest BCUT2D eigenvalue weighted by Gasteiger charge is 1.96. The summed E-state index contributed by atoms with van der Waals surface area (Å²) >= 11 is 0. The van der Waals surface area contributed by atoms with E-state index < -0.39 is 0 Å². The number of nitriles is 1. The van der Waals surface area contributed by atoms with Gasteiger partial charge in [0.15, 0.2) is 6.61 Å². The topological polar surface area (TPSA) is 54.3 Å². The fraction of sp³-hybridized carbons (Fsp3) is 0.562. The number of unbranched alkanes of at least 4 members (excludes halogenated alkanes) is 1. The maximum atomic E-state index is 8.42. The van der Waals surface area contributed by atoms with Crippen molar-refractivity contribution in [3.05, 3.63) is 29.8 Å². The van der Waals surface area contributed by atoms with Crippen LogP contribution in [-0.2, 0) is 11.3 Å².